The lowest BCUT2D eigenvalue weighted by Gasteiger charge is -2.34. The molecule has 1 atom stereocenters. The lowest BCUT2D eigenvalue weighted by Crippen LogP contribution is -2.36. The molecule has 2 aromatic rings. The van der Waals surface area contributed by atoms with Crippen LogP contribution in [0, 0.1) is 17.2 Å². The van der Waals surface area contributed by atoms with Crippen LogP contribution in [-0.2, 0) is 5.41 Å². The van der Waals surface area contributed by atoms with Gasteiger partial charge in [-0.15, -0.1) is 0 Å². The number of hydrogen-bond donors (Lipinski definition) is 0. The van der Waals surface area contributed by atoms with Gasteiger partial charge in [-0.25, -0.2) is 0 Å². The molecule has 2 aromatic carbocycles. The number of hydrogen-bond acceptors (Lipinski definition) is 7. The Hall–Kier alpha value is -3.11. The highest BCUT2D eigenvalue weighted by Gasteiger charge is 2.37. The van der Waals surface area contributed by atoms with Crippen molar-refractivity contribution in [3.8, 4) is 34.8 Å². The molecule has 0 aliphatic heterocycles. The summed E-state index contributed by atoms with van der Waals surface area (Å²) < 4.78 is 27.7. The molecule has 0 N–H and O–H groups in total. The summed E-state index contributed by atoms with van der Waals surface area (Å²) in [5.74, 6) is 3.20. The predicted octanol–water partition coefficient (Wildman–Crippen LogP) is 4.93. The first-order chi connectivity index (χ1) is 16.4. The lowest BCUT2D eigenvalue weighted by molar-refractivity contribution is 0.235. The van der Waals surface area contributed by atoms with Gasteiger partial charge in [0, 0.05) is 6.54 Å². The van der Waals surface area contributed by atoms with Crippen molar-refractivity contribution in [3.63, 3.8) is 0 Å². The average molecular weight is 471 g/mol. The third-order valence-corrected chi connectivity index (χ3v) is 6.26. The van der Waals surface area contributed by atoms with Gasteiger partial charge in [-0.1, -0.05) is 26.0 Å². The van der Waals surface area contributed by atoms with Crippen molar-refractivity contribution in [1.29, 1.82) is 5.26 Å². The summed E-state index contributed by atoms with van der Waals surface area (Å²) in [7, 11) is 8.46. The van der Waals surface area contributed by atoms with Crippen LogP contribution in [0.5, 0.6) is 28.7 Å². The van der Waals surface area contributed by atoms with Crippen molar-refractivity contribution < 1.29 is 23.7 Å². The van der Waals surface area contributed by atoms with E-state index in [-0.39, 0.29) is 5.92 Å². The molecule has 186 valence electrons. The van der Waals surface area contributed by atoms with E-state index in [0.29, 0.717) is 30.3 Å². The Bertz CT molecular complexity index is 931. The second kappa shape index (κ2) is 13.0. The summed E-state index contributed by atoms with van der Waals surface area (Å²) in [6, 6.07) is 14.0. The summed E-state index contributed by atoms with van der Waals surface area (Å²) in [5.41, 5.74) is 0.169. The summed E-state index contributed by atoms with van der Waals surface area (Å²) in [6.45, 7) is 6.35. The van der Waals surface area contributed by atoms with Crippen LogP contribution in [0.25, 0.3) is 0 Å². The van der Waals surface area contributed by atoms with E-state index in [0.717, 1.165) is 36.6 Å². The quantitative estimate of drug-likeness (QED) is 0.363. The highest BCUT2D eigenvalue weighted by molar-refractivity contribution is 5.56. The van der Waals surface area contributed by atoms with Crippen molar-refractivity contribution in [3.05, 3.63) is 42.0 Å². The van der Waals surface area contributed by atoms with Gasteiger partial charge in [-0.2, -0.15) is 5.26 Å². The predicted molar refractivity (Wildman–Crippen MR) is 133 cm³/mol. The van der Waals surface area contributed by atoms with Crippen LogP contribution < -0.4 is 23.7 Å². The van der Waals surface area contributed by atoms with Crippen LogP contribution in [0.15, 0.2) is 36.4 Å². The first-order valence-corrected chi connectivity index (χ1v) is 11.5. The molecule has 0 bridgehead atoms. The molecule has 7 nitrogen and oxygen atoms in total. The van der Waals surface area contributed by atoms with E-state index in [4.69, 9.17) is 23.7 Å². The number of nitriles is 1. The van der Waals surface area contributed by atoms with E-state index >= 15 is 0 Å². The lowest BCUT2D eigenvalue weighted by atomic mass is 9.70. The van der Waals surface area contributed by atoms with Crippen LogP contribution in [0.2, 0.25) is 0 Å². The second-order valence-electron chi connectivity index (χ2n) is 8.56. The monoisotopic (exact) mass is 470 g/mol. The smallest absolute Gasteiger partial charge is 0.203 e. The van der Waals surface area contributed by atoms with E-state index in [1.807, 2.05) is 36.4 Å². The van der Waals surface area contributed by atoms with E-state index in [1.165, 1.54) is 0 Å². The van der Waals surface area contributed by atoms with E-state index in [9.17, 15) is 5.26 Å². The fourth-order valence-electron chi connectivity index (χ4n) is 4.09. The van der Waals surface area contributed by atoms with Crippen molar-refractivity contribution in [2.45, 2.75) is 32.1 Å². The molecule has 2 rings (SSSR count). The molecule has 0 aromatic heterocycles. The zero-order chi connectivity index (χ0) is 25.1. The third kappa shape index (κ3) is 6.27. The van der Waals surface area contributed by atoms with E-state index in [1.54, 1.807) is 28.4 Å². The van der Waals surface area contributed by atoms with E-state index in [2.05, 4.69) is 31.9 Å². The molecule has 7 heteroatoms. The Morgan fingerprint density at radius 2 is 1.47 bits per heavy atom. The first kappa shape index (κ1) is 27.1. The molecule has 0 saturated heterocycles. The van der Waals surface area contributed by atoms with Gasteiger partial charge in [0.25, 0.3) is 0 Å². The minimum atomic E-state index is -0.699. The molecule has 0 saturated carbocycles. The van der Waals surface area contributed by atoms with Crippen LogP contribution >= 0.6 is 0 Å². The van der Waals surface area contributed by atoms with Gasteiger partial charge in [-0.05, 0) is 62.2 Å². The maximum atomic E-state index is 10.3. The summed E-state index contributed by atoms with van der Waals surface area (Å²) in [6.07, 6.45) is 1.53. The molecular weight excluding hydrogens is 432 g/mol. The van der Waals surface area contributed by atoms with Crippen molar-refractivity contribution in [2.75, 3.05) is 55.2 Å². The largest absolute Gasteiger partial charge is 0.493 e. The molecular formula is C27H38N2O5. The van der Waals surface area contributed by atoms with Gasteiger partial charge in [0.1, 0.15) is 0 Å². The molecule has 0 aliphatic rings. The highest BCUT2D eigenvalue weighted by Crippen LogP contribution is 2.44. The molecule has 0 amide bonds. The second-order valence-corrected chi connectivity index (χ2v) is 8.56. The molecule has 0 fully saturated rings. The zero-order valence-electron chi connectivity index (χ0n) is 21.5. The van der Waals surface area contributed by atoms with Crippen LogP contribution in [0.3, 0.4) is 0 Å². The van der Waals surface area contributed by atoms with Crippen LogP contribution in [0.1, 0.15) is 32.3 Å². The van der Waals surface area contributed by atoms with Crippen LogP contribution in [-0.4, -0.2) is 60.1 Å². The minimum Gasteiger partial charge on any atom is -0.493 e. The van der Waals surface area contributed by atoms with Gasteiger partial charge in [0.05, 0.1) is 46.5 Å². The zero-order valence-corrected chi connectivity index (χ0v) is 21.5. The Morgan fingerprint density at radius 3 is 1.97 bits per heavy atom. The molecule has 34 heavy (non-hydrogen) atoms. The minimum absolute atomic E-state index is 0.0857. The Morgan fingerprint density at radius 1 is 0.882 bits per heavy atom. The van der Waals surface area contributed by atoms with Crippen molar-refractivity contribution >= 4 is 0 Å². The topological polar surface area (TPSA) is 73.2 Å². The standard InChI is InChI=1S/C27H38N2O5/c1-20(2)27(19-28,21-17-24(31-5)26(33-7)25(18-21)32-6)13-15-29(3)14-10-16-34-23-12-9-8-11-22(23)30-4/h8-9,11-12,17-18,20H,10,13-16H2,1-7H3. The maximum Gasteiger partial charge on any atom is 0.203 e. The number of nitrogens with zero attached hydrogens (tertiary/aromatic N) is 2. The molecule has 0 spiro atoms. The summed E-state index contributed by atoms with van der Waals surface area (Å²) >= 11 is 0. The highest BCUT2D eigenvalue weighted by atomic mass is 16.5. The fraction of sp³-hybridized carbons (Fsp3) is 0.519. The van der Waals surface area contributed by atoms with Gasteiger partial charge >= 0.3 is 0 Å². The Kier molecular flexibility index (Phi) is 10.3. The number of rotatable bonds is 14. The maximum absolute atomic E-state index is 10.3. The number of methoxy groups -OCH3 is 4. The van der Waals surface area contributed by atoms with Gasteiger partial charge in [-0.3, -0.25) is 0 Å². The summed E-state index contributed by atoms with van der Waals surface area (Å²) in [4.78, 5) is 2.23. The van der Waals surface area contributed by atoms with E-state index < -0.39 is 5.41 Å². The van der Waals surface area contributed by atoms with Gasteiger partial charge in [0.15, 0.2) is 23.0 Å². The number of ether oxygens (including phenoxy) is 5. The molecule has 0 heterocycles. The Labute approximate surface area is 204 Å². The third-order valence-electron chi connectivity index (χ3n) is 6.26. The number of benzene rings is 2. The first-order valence-electron chi connectivity index (χ1n) is 11.5. The summed E-state index contributed by atoms with van der Waals surface area (Å²) in [5, 5.41) is 10.3. The molecule has 0 radical (unpaired) electrons. The fourth-order valence-corrected chi connectivity index (χ4v) is 4.09. The average Bonchev–Trinajstić information content (AvgIpc) is 2.86. The Balaban J connectivity index is 2.07. The van der Waals surface area contributed by atoms with Crippen LogP contribution in [0.4, 0.5) is 0 Å². The van der Waals surface area contributed by atoms with Crippen molar-refractivity contribution in [2.24, 2.45) is 5.92 Å². The van der Waals surface area contributed by atoms with Gasteiger partial charge < -0.3 is 28.6 Å². The number of para-hydroxylation sites is 2. The van der Waals surface area contributed by atoms with Crippen molar-refractivity contribution in [1.82, 2.24) is 4.90 Å². The molecule has 0 aliphatic carbocycles. The molecule has 1 unspecified atom stereocenters. The van der Waals surface area contributed by atoms with Gasteiger partial charge in [0.2, 0.25) is 5.75 Å². The SMILES string of the molecule is COc1ccccc1OCCCN(C)CCC(C#N)(c1cc(OC)c(OC)c(OC)c1)C(C)C. The normalized spacial score (nSPS) is 12.7.